The Hall–Kier alpha value is 0.679. The summed E-state index contributed by atoms with van der Waals surface area (Å²) in [5.41, 5.74) is 0. The van der Waals surface area contributed by atoms with Gasteiger partial charge in [-0.05, 0) is 0 Å². The molecule has 0 atom stereocenters. The van der Waals surface area contributed by atoms with Crippen LogP contribution in [0.4, 0.5) is 0 Å². The topological polar surface area (TPSA) is 27.7 Å². The first-order chi connectivity index (χ1) is 5.74. The minimum atomic E-state index is -3.02. The van der Waals surface area contributed by atoms with Crippen molar-refractivity contribution in [3.63, 3.8) is 0 Å². The molecule has 0 unspecified atom stereocenters. The Balaban J connectivity index is 4.06. The van der Waals surface area contributed by atoms with E-state index in [1.54, 1.807) is 0 Å². The van der Waals surface area contributed by atoms with Crippen molar-refractivity contribution in [2.75, 3.05) is 19.8 Å². The predicted molar refractivity (Wildman–Crippen MR) is 51.1 cm³/mol. The average molecular weight is 283 g/mol. The van der Waals surface area contributed by atoms with Gasteiger partial charge in [0, 0.05) is 0 Å². The van der Waals surface area contributed by atoms with E-state index in [0.717, 1.165) is 4.44 Å². The zero-order valence-corrected chi connectivity index (χ0v) is 11.4. The zero-order valence-electron chi connectivity index (χ0n) is 8.55. The van der Waals surface area contributed by atoms with Gasteiger partial charge in [0.15, 0.2) is 0 Å². The van der Waals surface area contributed by atoms with Crippen LogP contribution in [0.3, 0.4) is 0 Å². The van der Waals surface area contributed by atoms with Crippen LogP contribution in [-0.2, 0) is 9.22 Å². The Kier molecular flexibility index (Phi) is 7.52. The fourth-order valence-corrected chi connectivity index (χ4v) is 7.32. The van der Waals surface area contributed by atoms with Crippen molar-refractivity contribution in [1.29, 1.82) is 0 Å². The summed E-state index contributed by atoms with van der Waals surface area (Å²) >= 11 is -3.02. The Morgan fingerprint density at radius 3 is 1.25 bits per heavy atom. The standard InChI is InChI=1S/3C2H5O.C2H5.Sn/c3*1-2-3;1-2;/h3*2H2,1H3;1H2,2H3;/q3*-1;;+3. The van der Waals surface area contributed by atoms with Crippen molar-refractivity contribution < 1.29 is 9.22 Å². The van der Waals surface area contributed by atoms with E-state index in [2.05, 4.69) is 6.92 Å². The van der Waals surface area contributed by atoms with Crippen LogP contribution < -0.4 is 0 Å². The molecule has 74 valence electrons. The molecule has 0 aliphatic carbocycles. The number of hydrogen-bond acceptors (Lipinski definition) is 3. The Morgan fingerprint density at radius 1 is 0.750 bits per heavy atom. The summed E-state index contributed by atoms with van der Waals surface area (Å²) in [4.78, 5) is 0. The second-order valence-electron chi connectivity index (χ2n) is 2.34. The van der Waals surface area contributed by atoms with Crippen LogP contribution in [0.2, 0.25) is 4.44 Å². The van der Waals surface area contributed by atoms with Gasteiger partial charge in [0.1, 0.15) is 0 Å². The Labute approximate surface area is 80.9 Å². The molecule has 0 amide bonds. The van der Waals surface area contributed by atoms with Gasteiger partial charge in [0.2, 0.25) is 0 Å². The molecule has 0 radical (unpaired) electrons. The molecule has 0 aromatic rings. The molecule has 12 heavy (non-hydrogen) atoms. The van der Waals surface area contributed by atoms with Crippen LogP contribution in [-0.4, -0.2) is 39.4 Å². The molecular formula is C8H20O3Sn. The molecule has 0 spiro atoms. The van der Waals surface area contributed by atoms with Crippen molar-refractivity contribution in [3.05, 3.63) is 0 Å². The molecular weight excluding hydrogens is 263 g/mol. The minimum absolute atomic E-state index is 0.698. The molecule has 0 aromatic carbocycles. The molecule has 0 saturated heterocycles. The predicted octanol–water partition coefficient (Wildman–Crippen LogP) is 2.05. The van der Waals surface area contributed by atoms with Gasteiger partial charge in [-0.1, -0.05) is 0 Å². The van der Waals surface area contributed by atoms with E-state index in [0.29, 0.717) is 19.8 Å². The van der Waals surface area contributed by atoms with Gasteiger partial charge in [0.25, 0.3) is 0 Å². The van der Waals surface area contributed by atoms with Gasteiger partial charge < -0.3 is 0 Å². The van der Waals surface area contributed by atoms with Crippen molar-refractivity contribution >= 4 is 19.6 Å². The molecule has 0 bridgehead atoms. The van der Waals surface area contributed by atoms with E-state index in [1.807, 2.05) is 20.8 Å². The van der Waals surface area contributed by atoms with Gasteiger partial charge >= 0.3 is 80.8 Å². The second-order valence-corrected chi connectivity index (χ2v) is 10.7. The number of rotatable bonds is 7. The van der Waals surface area contributed by atoms with Gasteiger partial charge in [-0.3, -0.25) is 0 Å². The summed E-state index contributed by atoms with van der Waals surface area (Å²) in [5, 5.41) is 0. The third-order valence-corrected chi connectivity index (χ3v) is 10.2. The van der Waals surface area contributed by atoms with Crippen LogP contribution in [0.5, 0.6) is 0 Å². The summed E-state index contributed by atoms with van der Waals surface area (Å²) in [6, 6.07) is 0. The third-order valence-electron chi connectivity index (χ3n) is 1.53. The molecule has 4 heteroatoms. The SMILES string of the molecule is CC[O][Sn]([CH2]C)([O]CC)[O]CC. The molecule has 3 nitrogen and oxygen atoms in total. The van der Waals surface area contributed by atoms with Crippen LogP contribution in [0.25, 0.3) is 0 Å². The van der Waals surface area contributed by atoms with Crippen molar-refractivity contribution in [2.24, 2.45) is 0 Å². The normalized spacial score (nSPS) is 12.0. The van der Waals surface area contributed by atoms with E-state index in [1.165, 1.54) is 0 Å². The number of hydrogen-bond donors (Lipinski definition) is 0. The van der Waals surface area contributed by atoms with E-state index >= 15 is 0 Å². The van der Waals surface area contributed by atoms with Gasteiger partial charge in [-0.15, -0.1) is 0 Å². The average Bonchev–Trinajstić information content (AvgIpc) is 2.06. The van der Waals surface area contributed by atoms with Crippen molar-refractivity contribution in [2.45, 2.75) is 32.1 Å². The molecule has 0 aliphatic rings. The van der Waals surface area contributed by atoms with E-state index in [-0.39, 0.29) is 0 Å². The maximum atomic E-state index is 5.63. The maximum absolute atomic E-state index is 5.63. The molecule has 0 aromatic heterocycles. The van der Waals surface area contributed by atoms with Gasteiger partial charge in [0.05, 0.1) is 0 Å². The molecule has 0 rings (SSSR count). The molecule has 0 aliphatic heterocycles. The first-order valence-electron chi connectivity index (χ1n) is 4.66. The van der Waals surface area contributed by atoms with Gasteiger partial charge in [-0.25, -0.2) is 0 Å². The fraction of sp³-hybridized carbons (Fsp3) is 1.00. The molecule has 0 fully saturated rings. The quantitative estimate of drug-likeness (QED) is 0.669. The van der Waals surface area contributed by atoms with Crippen LogP contribution in [0, 0.1) is 0 Å². The van der Waals surface area contributed by atoms with Crippen LogP contribution in [0.1, 0.15) is 27.7 Å². The molecule has 0 heterocycles. The Bertz CT molecular complexity index is 91.5. The van der Waals surface area contributed by atoms with Crippen molar-refractivity contribution in [3.8, 4) is 0 Å². The summed E-state index contributed by atoms with van der Waals surface area (Å²) in [5.74, 6) is 0. The van der Waals surface area contributed by atoms with E-state index in [9.17, 15) is 0 Å². The third kappa shape index (κ3) is 4.07. The Morgan fingerprint density at radius 2 is 1.08 bits per heavy atom. The summed E-state index contributed by atoms with van der Waals surface area (Å²) in [6.45, 7) is 10.1. The van der Waals surface area contributed by atoms with Crippen molar-refractivity contribution in [1.82, 2.24) is 0 Å². The monoisotopic (exact) mass is 284 g/mol. The van der Waals surface area contributed by atoms with E-state index in [4.69, 9.17) is 9.22 Å². The second kappa shape index (κ2) is 7.12. The van der Waals surface area contributed by atoms with Gasteiger partial charge in [-0.2, -0.15) is 0 Å². The summed E-state index contributed by atoms with van der Waals surface area (Å²) in [6.07, 6.45) is 0. The van der Waals surface area contributed by atoms with Crippen LogP contribution in [0.15, 0.2) is 0 Å². The molecule has 0 saturated carbocycles. The molecule has 0 N–H and O–H groups in total. The summed E-state index contributed by atoms with van der Waals surface area (Å²) in [7, 11) is 0. The summed E-state index contributed by atoms with van der Waals surface area (Å²) < 4.78 is 17.8. The first kappa shape index (κ1) is 12.7. The zero-order chi connectivity index (χ0) is 9.45. The fourth-order valence-electron chi connectivity index (χ4n) is 1.09. The van der Waals surface area contributed by atoms with Crippen LogP contribution >= 0.6 is 0 Å². The first-order valence-corrected chi connectivity index (χ1v) is 10.2. The van der Waals surface area contributed by atoms with E-state index < -0.39 is 19.6 Å².